The van der Waals surface area contributed by atoms with Crippen LogP contribution in [-0.2, 0) is 4.79 Å². The minimum atomic E-state index is -1.01. The smallest absolute Gasteiger partial charge is 0.259 e. The summed E-state index contributed by atoms with van der Waals surface area (Å²) in [5.74, 6) is -1.83. The van der Waals surface area contributed by atoms with Crippen molar-refractivity contribution in [2.75, 3.05) is 22.1 Å². The Kier molecular flexibility index (Phi) is 7.98. The minimum Gasteiger partial charge on any atom is -0.323 e. The van der Waals surface area contributed by atoms with Gasteiger partial charge in [0.2, 0.25) is 5.91 Å². The maximum atomic E-state index is 14.2. The summed E-state index contributed by atoms with van der Waals surface area (Å²) in [5, 5.41) is 9.17. The minimum absolute atomic E-state index is 0.0549. The maximum absolute atomic E-state index is 14.2. The molecule has 0 fully saturated rings. The van der Waals surface area contributed by atoms with Crippen LogP contribution in [0.4, 0.5) is 20.3 Å². The SMILES string of the molecule is CCCC(C)n1nccc1NC(=O)c1cc(NC(=O)CSCC)c(F)cc1F. The number of rotatable bonds is 9. The first-order chi connectivity index (χ1) is 13.4. The summed E-state index contributed by atoms with van der Waals surface area (Å²) >= 11 is 1.37. The second-order valence-electron chi connectivity index (χ2n) is 6.25. The Balaban J connectivity index is 2.21. The van der Waals surface area contributed by atoms with Crippen LogP contribution in [0.1, 0.15) is 50.0 Å². The van der Waals surface area contributed by atoms with E-state index >= 15 is 0 Å². The number of hydrogen-bond acceptors (Lipinski definition) is 4. The highest BCUT2D eigenvalue weighted by Gasteiger charge is 2.19. The van der Waals surface area contributed by atoms with Gasteiger partial charge >= 0.3 is 0 Å². The molecule has 2 aromatic rings. The van der Waals surface area contributed by atoms with Gasteiger partial charge in [-0.15, -0.1) is 0 Å². The summed E-state index contributed by atoms with van der Waals surface area (Å²) in [5.41, 5.74) is -0.600. The normalized spacial score (nSPS) is 11.9. The topological polar surface area (TPSA) is 76.0 Å². The van der Waals surface area contributed by atoms with Gasteiger partial charge in [-0.05, 0) is 25.2 Å². The molecule has 1 aromatic carbocycles. The van der Waals surface area contributed by atoms with E-state index in [1.54, 1.807) is 16.9 Å². The van der Waals surface area contributed by atoms with E-state index in [0.717, 1.165) is 24.7 Å². The van der Waals surface area contributed by atoms with Crippen molar-refractivity contribution in [2.45, 2.75) is 39.7 Å². The number of thioether (sulfide) groups is 1. The summed E-state index contributed by atoms with van der Waals surface area (Å²) in [7, 11) is 0. The Hall–Kier alpha value is -2.42. The number of aromatic nitrogens is 2. The molecule has 28 heavy (non-hydrogen) atoms. The summed E-state index contributed by atoms with van der Waals surface area (Å²) in [6.45, 7) is 5.90. The van der Waals surface area contributed by atoms with Gasteiger partial charge in [0, 0.05) is 12.1 Å². The maximum Gasteiger partial charge on any atom is 0.259 e. The Morgan fingerprint density at radius 2 is 1.96 bits per heavy atom. The molecule has 0 radical (unpaired) electrons. The molecule has 9 heteroatoms. The highest BCUT2D eigenvalue weighted by atomic mass is 32.2. The number of halogens is 2. The molecule has 152 valence electrons. The van der Waals surface area contributed by atoms with Crippen LogP contribution in [0.3, 0.4) is 0 Å². The third-order valence-electron chi connectivity index (χ3n) is 4.05. The summed E-state index contributed by atoms with van der Waals surface area (Å²) in [4.78, 5) is 24.4. The fourth-order valence-electron chi connectivity index (χ4n) is 2.69. The molecule has 0 bridgehead atoms. The van der Waals surface area contributed by atoms with E-state index in [1.165, 1.54) is 11.8 Å². The van der Waals surface area contributed by atoms with Crippen molar-refractivity contribution in [1.29, 1.82) is 0 Å². The van der Waals surface area contributed by atoms with Crippen molar-refractivity contribution in [2.24, 2.45) is 0 Å². The highest BCUT2D eigenvalue weighted by molar-refractivity contribution is 7.99. The molecule has 6 nitrogen and oxygen atoms in total. The summed E-state index contributed by atoms with van der Waals surface area (Å²) in [6, 6.07) is 3.26. The van der Waals surface area contributed by atoms with E-state index in [2.05, 4.69) is 15.7 Å². The quantitative estimate of drug-likeness (QED) is 0.640. The monoisotopic (exact) mass is 410 g/mol. The van der Waals surface area contributed by atoms with Crippen LogP contribution in [0.2, 0.25) is 0 Å². The molecule has 2 N–H and O–H groups in total. The van der Waals surface area contributed by atoms with Gasteiger partial charge in [-0.3, -0.25) is 9.59 Å². The molecule has 1 heterocycles. The molecular weight excluding hydrogens is 386 g/mol. The Bertz CT molecular complexity index is 841. The zero-order valence-corrected chi connectivity index (χ0v) is 16.9. The van der Waals surface area contributed by atoms with Crippen molar-refractivity contribution >= 4 is 35.1 Å². The average Bonchev–Trinajstić information content (AvgIpc) is 3.10. The first-order valence-electron chi connectivity index (χ1n) is 9.08. The number of carbonyl (C=O) groups is 2. The van der Waals surface area contributed by atoms with E-state index in [-0.39, 0.29) is 23.0 Å². The number of amides is 2. The molecule has 0 saturated heterocycles. The molecule has 1 aromatic heterocycles. The van der Waals surface area contributed by atoms with Crippen molar-refractivity contribution in [1.82, 2.24) is 9.78 Å². The van der Waals surface area contributed by atoms with Crippen LogP contribution in [0.5, 0.6) is 0 Å². The fourth-order valence-corrected chi connectivity index (χ4v) is 3.15. The number of anilines is 2. The van der Waals surface area contributed by atoms with Gasteiger partial charge in [-0.2, -0.15) is 16.9 Å². The largest absolute Gasteiger partial charge is 0.323 e. The van der Waals surface area contributed by atoms with Crippen LogP contribution in [0, 0.1) is 11.6 Å². The van der Waals surface area contributed by atoms with Crippen molar-refractivity contribution in [3.63, 3.8) is 0 Å². The zero-order chi connectivity index (χ0) is 20.7. The number of nitrogens with one attached hydrogen (secondary N) is 2. The molecule has 0 aliphatic rings. The number of nitrogens with zero attached hydrogens (tertiary/aromatic N) is 2. The van der Waals surface area contributed by atoms with Gasteiger partial charge < -0.3 is 10.6 Å². The lowest BCUT2D eigenvalue weighted by Gasteiger charge is -2.16. The van der Waals surface area contributed by atoms with Gasteiger partial charge in [0.15, 0.2) is 0 Å². The Morgan fingerprint density at radius 1 is 1.21 bits per heavy atom. The third-order valence-corrected chi connectivity index (χ3v) is 4.92. The first kappa shape index (κ1) is 21.9. The first-order valence-corrected chi connectivity index (χ1v) is 10.2. The van der Waals surface area contributed by atoms with Gasteiger partial charge in [0.1, 0.15) is 17.5 Å². The van der Waals surface area contributed by atoms with Crippen molar-refractivity contribution in [3.8, 4) is 0 Å². The van der Waals surface area contributed by atoms with Gasteiger partial charge in [0.05, 0.1) is 29.2 Å². The van der Waals surface area contributed by atoms with Gasteiger partial charge in [-0.1, -0.05) is 20.3 Å². The molecule has 0 aliphatic carbocycles. The lowest BCUT2D eigenvalue weighted by molar-refractivity contribution is -0.113. The zero-order valence-electron chi connectivity index (χ0n) is 16.1. The highest BCUT2D eigenvalue weighted by Crippen LogP contribution is 2.23. The van der Waals surface area contributed by atoms with Gasteiger partial charge in [0.25, 0.3) is 5.91 Å². The lowest BCUT2D eigenvalue weighted by Crippen LogP contribution is -2.20. The lowest BCUT2D eigenvalue weighted by atomic mass is 10.1. The van der Waals surface area contributed by atoms with Crippen molar-refractivity contribution < 1.29 is 18.4 Å². The predicted molar refractivity (Wildman–Crippen MR) is 108 cm³/mol. The standard InChI is InChI=1S/C19H24F2N4O2S/c1-4-6-12(3)25-17(7-8-22-25)24-19(27)13-9-16(15(21)10-14(13)20)23-18(26)11-28-5-2/h7-10,12H,4-6,11H2,1-3H3,(H,23,26)(H,24,27). The molecule has 0 saturated carbocycles. The molecule has 1 atom stereocenters. The Labute approximate surface area is 167 Å². The van der Waals surface area contributed by atoms with Gasteiger partial charge in [-0.25, -0.2) is 13.5 Å². The number of carbonyl (C=O) groups excluding carboxylic acids is 2. The third kappa shape index (κ3) is 5.54. The van der Waals surface area contributed by atoms with Crippen LogP contribution < -0.4 is 10.6 Å². The van der Waals surface area contributed by atoms with E-state index in [4.69, 9.17) is 0 Å². The Morgan fingerprint density at radius 3 is 2.64 bits per heavy atom. The van der Waals surface area contributed by atoms with Crippen LogP contribution in [0.25, 0.3) is 0 Å². The van der Waals surface area contributed by atoms with Crippen LogP contribution in [-0.4, -0.2) is 33.1 Å². The molecule has 0 aliphatic heterocycles. The average molecular weight is 410 g/mol. The molecular formula is C19H24F2N4O2S. The van der Waals surface area contributed by atoms with Crippen molar-refractivity contribution in [3.05, 3.63) is 41.6 Å². The fraction of sp³-hybridized carbons (Fsp3) is 0.421. The summed E-state index contributed by atoms with van der Waals surface area (Å²) in [6.07, 6.45) is 3.35. The molecule has 1 unspecified atom stereocenters. The van der Waals surface area contributed by atoms with E-state index in [0.29, 0.717) is 11.9 Å². The number of hydrogen-bond donors (Lipinski definition) is 2. The second kappa shape index (κ2) is 10.2. The second-order valence-corrected chi connectivity index (χ2v) is 7.52. The van der Waals surface area contributed by atoms with Crippen LogP contribution >= 0.6 is 11.8 Å². The number of benzene rings is 1. The molecule has 0 spiro atoms. The van der Waals surface area contributed by atoms with E-state index in [9.17, 15) is 18.4 Å². The van der Waals surface area contributed by atoms with E-state index < -0.39 is 23.4 Å². The predicted octanol–water partition coefficient (Wildman–Crippen LogP) is 4.47. The molecule has 2 amide bonds. The van der Waals surface area contributed by atoms with Crippen LogP contribution in [0.15, 0.2) is 24.4 Å². The van der Waals surface area contributed by atoms with E-state index in [1.807, 2.05) is 20.8 Å². The molecule has 2 rings (SSSR count). The summed E-state index contributed by atoms with van der Waals surface area (Å²) < 4.78 is 29.8.